The molecular weight excluding hydrogens is 365 g/mol. The zero-order valence-electron chi connectivity index (χ0n) is 15.3. The van der Waals surface area contributed by atoms with Crippen molar-refractivity contribution in [1.82, 2.24) is 14.5 Å². The minimum absolute atomic E-state index is 0.000428. The molecule has 9 heteroatoms. The average molecular weight is 385 g/mol. The van der Waals surface area contributed by atoms with E-state index in [2.05, 4.69) is 5.32 Å². The fourth-order valence-electron chi connectivity index (χ4n) is 3.63. The number of carbonyl (C=O) groups is 1. The lowest BCUT2D eigenvalue weighted by Crippen LogP contribution is -2.43. The van der Waals surface area contributed by atoms with Crippen molar-refractivity contribution in [3.05, 3.63) is 52.3 Å². The molecule has 0 spiro atoms. The van der Waals surface area contributed by atoms with Crippen molar-refractivity contribution < 1.29 is 14.3 Å². The molecule has 0 radical (unpaired) electrons. The van der Waals surface area contributed by atoms with Crippen molar-refractivity contribution in [3.63, 3.8) is 0 Å². The van der Waals surface area contributed by atoms with Crippen LogP contribution in [0.3, 0.4) is 0 Å². The van der Waals surface area contributed by atoms with Gasteiger partial charge in [0.15, 0.2) is 0 Å². The Hall–Kier alpha value is -3.33. The number of anilines is 2. The van der Waals surface area contributed by atoms with Gasteiger partial charge in [-0.2, -0.15) is 0 Å². The van der Waals surface area contributed by atoms with Crippen LogP contribution in [0.15, 0.2) is 35.5 Å². The monoisotopic (exact) mass is 385 g/mol. The van der Waals surface area contributed by atoms with Gasteiger partial charge >= 0.3 is 5.97 Å². The number of hydrogen-bond acceptors (Lipinski definition) is 5. The summed E-state index contributed by atoms with van der Waals surface area (Å²) in [6, 6.07) is 2.71. The molecule has 0 amide bonds. The summed E-state index contributed by atoms with van der Waals surface area (Å²) in [5.41, 5.74) is 6.63. The quantitative estimate of drug-likeness (QED) is 0.625. The van der Waals surface area contributed by atoms with Crippen molar-refractivity contribution in [2.24, 2.45) is 7.05 Å². The second kappa shape index (κ2) is 6.68. The van der Waals surface area contributed by atoms with Crippen molar-refractivity contribution in [2.45, 2.75) is 0 Å². The molecule has 3 heterocycles. The number of nitrogens with zero attached hydrogens (tertiary/aromatic N) is 3. The molecule has 1 aliphatic rings. The molecule has 0 atom stereocenters. The number of fused-ring (bicyclic) bond motifs is 1. The highest BCUT2D eigenvalue weighted by molar-refractivity contribution is 5.94. The van der Waals surface area contributed by atoms with Crippen LogP contribution in [-0.4, -0.2) is 46.4 Å². The molecule has 1 saturated heterocycles. The van der Waals surface area contributed by atoms with Crippen molar-refractivity contribution in [2.75, 3.05) is 36.8 Å². The van der Waals surface area contributed by atoms with E-state index < -0.39 is 22.8 Å². The summed E-state index contributed by atoms with van der Waals surface area (Å²) in [4.78, 5) is 26.1. The van der Waals surface area contributed by atoms with E-state index in [1.54, 1.807) is 34.6 Å². The van der Waals surface area contributed by atoms with Gasteiger partial charge in [0, 0.05) is 57.2 Å². The van der Waals surface area contributed by atoms with Gasteiger partial charge in [-0.15, -0.1) is 0 Å². The van der Waals surface area contributed by atoms with Crippen LogP contribution in [-0.2, 0) is 7.05 Å². The number of pyridine rings is 1. The van der Waals surface area contributed by atoms with Gasteiger partial charge in [0.25, 0.3) is 0 Å². The average Bonchev–Trinajstić information content (AvgIpc) is 3.00. The Kier molecular flexibility index (Phi) is 4.31. The first-order valence-electron chi connectivity index (χ1n) is 8.86. The highest BCUT2D eigenvalue weighted by Gasteiger charge is 2.21. The fraction of sp³-hybridized carbons (Fsp3) is 0.263. The Balaban J connectivity index is 2.05. The summed E-state index contributed by atoms with van der Waals surface area (Å²) in [7, 11) is 1.79. The number of hydrogen-bond donors (Lipinski definition) is 3. The maximum Gasteiger partial charge on any atom is 0.341 e. The van der Waals surface area contributed by atoms with Crippen molar-refractivity contribution >= 4 is 28.2 Å². The van der Waals surface area contributed by atoms with Crippen molar-refractivity contribution in [1.29, 1.82) is 0 Å². The van der Waals surface area contributed by atoms with Gasteiger partial charge in [0.05, 0.1) is 22.6 Å². The van der Waals surface area contributed by atoms with E-state index in [0.717, 1.165) is 19.2 Å². The van der Waals surface area contributed by atoms with Gasteiger partial charge in [0.2, 0.25) is 5.43 Å². The van der Waals surface area contributed by atoms with Crippen LogP contribution in [0.25, 0.3) is 16.6 Å². The topological polar surface area (TPSA) is 106 Å². The van der Waals surface area contributed by atoms with Gasteiger partial charge in [-0.05, 0) is 12.1 Å². The van der Waals surface area contributed by atoms with Gasteiger partial charge in [0.1, 0.15) is 11.4 Å². The van der Waals surface area contributed by atoms with Crippen LogP contribution in [0.4, 0.5) is 15.8 Å². The molecule has 1 fully saturated rings. The van der Waals surface area contributed by atoms with Crippen molar-refractivity contribution in [3.8, 4) is 5.69 Å². The van der Waals surface area contributed by atoms with Crippen LogP contribution in [0, 0.1) is 5.82 Å². The Bertz CT molecular complexity index is 1140. The third-order valence-corrected chi connectivity index (χ3v) is 4.98. The van der Waals surface area contributed by atoms with E-state index in [1.807, 2.05) is 4.90 Å². The zero-order chi connectivity index (χ0) is 20.0. The predicted molar refractivity (Wildman–Crippen MR) is 105 cm³/mol. The molecule has 2 aromatic heterocycles. The van der Waals surface area contributed by atoms with Crippen LogP contribution in [0.2, 0.25) is 0 Å². The summed E-state index contributed by atoms with van der Waals surface area (Å²) in [6.07, 6.45) is 4.65. The van der Waals surface area contributed by atoms with E-state index in [0.29, 0.717) is 35.7 Å². The predicted octanol–water partition coefficient (Wildman–Crippen LogP) is 1.16. The molecule has 28 heavy (non-hydrogen) atoms. The van der Waals surface area contributed by atoms with E-state index in [1.165, 1.54) is 6.20 Å². The standard InChI is InChI=1S/C19H20FN5O3/c1-23-9-14(21)17(10-23)25-8-12(19(27)28)18(26)11-6-13(20)16(7-15(11)25)24-4-2-22-3-5-24/h6-10,22H,2-5,21H2,1H3,(H,27,28). The minimum Gasteiger partial charge on any atom is -0.477 e. The van der Waals surface area contributed by atoms with Crippen LogP contribution < -0.4 is 21.4 Å². The van der Waals surface area contributed by atoms with Gasteiger partial charge in [-0.3, -0.25) is 4.79 Å². The molecule has 146 valence electrons. The molecule has 0 unspecified atom stereocenters. The Morgan fingerprint density at radius 3 is 2.50 bits per heavy atom. The highest BCUT2D eigenvalue weighted by Crippen LogP contribution is 2.29. The van der Waals surface area contributed by atoms with Crippen LogP contribution >= 0.6 is 0 Å². The lowest BCUT2D eigenvalue weighted by Gasteiger charge is -2.30. The second-order valence-electron chi connectivity index (χ2n) is 6.87. The third kappa shape index (κ3) is 2.89. The number of piperazine rings is 1. The lowest BCUT2D eigenvalue weighted by molar-refractivity contribution is 0.0695. The van der Waals surface area contributed by atoms with E-state index in [4.69, 9.17) is 5.73 Å². The number of aromatic nitrogens is 2. The highest BCUT2D eigenvalue weighted by atomic mass is 19.1. The number of aromatic carboxylic acids is 1. The van der Waals surface area contributed by atoms with Crippen LogP contribution in [0.1, 0.15) is 10.4 Å². The molecule has 4 rings (SSSR count). The van der Waals surface area contributed by atoms with E-state index in [9.17, 15) is 19.1 Å². The Labute approximate surface area is 159 Å². The van der Waals surface area contributed by atoms with E-state index in [-0.39, 0.29) is 5.39 Å². The molecule has 3 aromatic rings. The number of carboxylic acids is 1. The SMILES string of the molecule is Cn1cc(N)c(-n2cc(C(=O)O)c(=O)c3cc(F)c(N4CCNCC4)cc32)c1. The van der Waals surface area contributed by atoms with Crippen LogP contribution in [0.5, 0.6) is 0 Å². The summed E-state index contributed by atoms with van der Waals surface area (Å²) in [5, 5.41) is 12.7. The molecule has 8 nitrogen and oxygen atoms in total. The lowest BCUT2D eigenvalue weighted by atomic mass is 10.1. The normalized spacial score (nSPS) is 14.6. The Morgan fingerprint density at radius 2 is 1.89 bits per heavy atom. The smallest absolute Gasteiger partial charge is 0.341 e. The first kappa shape index (κ1) is 18.1. The number of nitrogens with one attached hydrogen (secondary N) is 1. The van der Waals surface area contributed by atoms with Gasteiger partial charge < -0.3 is 30.2 Å². The second-order valence-corrected chi connectivity index (χ2v) is 6.87. The molecule has 1 aliphatic heterocycles. The number of carboxylic acid groups (broad SMARTS) is 1. The van der Waals surface area contributed by atoms with E-state index >= 15 is 0 Å². The van der Waals surface area contributed by atoms with Gasteiger partial charge in [-0.1, -0.05) is 0 Å². The third-order valence-electron chi connectivity index (χ3n) is 4.98. The first-order valence-corrected chi connectivity index (χ1v) is 8.86. The number of rotatable bonds is 3. The molecule has 0 bridgehead atoms. The fourth-order valence-corrected chi connectivity index (χ4v) is 3.63. The summed E-state index contributed by atoms with van der Waals surface area (Å²) in [6.45, 7) is 2.72. The molecule has 4 N–H and O–H groups in total. The number of nitrogens with two attached hydrogens (primary N) is 1. The summed E-state index contributed by atoms with van der Waals surface area (Å²) < 4.78 is 18.1. The molecule has 1 aromatic carbocycles. The first-order chi connectivity index (χ1) is 13.4. The number of benzene rings is 1. The number of nitrogen functional groups attached to an aromatic ring is 1. The summed E-state index contributed by atoms with van der Waals surface area (Å²) in [5.74, 6) is -1.93. The largest absolute Gasteiger partial charge is 0.477 e. The number of halogens is 1. The molecular formula is C19H20FN5O3. The summed E-state index contributed by atoms with van der Waals surface area (Å²) >= 11 is 0. The maximum absolute atomic E-state index is 14.8. The molecule has 0 aliphatic carbocycles. The van der Waals surface area contributed by atoms with Gasteiger partial charge in [-0.25, -0.2) is 9.18 Å². The Morgan fingerprint density at radius 1 is 1.18 bits per heavy atom. The minimum atomic E-state index is -1.37. The number of aryl methyl sites for hydroxylation is 1. The molecule has 0 saturated carbocycles. The zero-order valence-corrected chi connectivity index (χ0v) is 15.3. The maximum atomic E-state index is 14.8.